The molecule has 0 unspecified atom stereocenters. The van der Waals surface area contributed by atoms with Crippen molar-refractivity contribution in [1.29, 1.82) is 0 Å². The molecule has 0 saturated heterocycles. The van der Waals surface area contributed by atoms with Crippen molar-refractivity contribution >= 4 is 28.4 Å². The van der Waals surface area contributed by atoms with Crippen molar-refractivity contribution in [1.82, 2.24) is 19.9 Å². The third-order valence-corrected chi connectivity index (χ3v) is 4.10. The predicted octanol–water partition coefficient (Wildman–Crippen LogP) is 4.68. The van der Waals surface area contributed by atoms with Gasteiger partial charge in [-0.25, -0.2) is 19.7 Å². The summed E-state index contributed by atoms with van der Waals surface area (Å²) in [6.45, 7) is 0. The molecule has 0 fully saturated rings. The molecule has 0 aliphatic carbocycles. The number of benzene rings is 1. The molecule has 0 radical (unpaired) electrons. The number of halogens is 3. The number of aromatic nitrogens is 4. The van der Waals surface area contributed by atoms with E-state index in [1.54, 1.807) is 36.9 Å². The fourth-order valence-corrected chi connectivity index (χ4v) is 2.81. The van der Waals surface area contributed by atoms with Crippen LogP contribution in [0.2, 0.25) is 0 Å². The number of alkyl halides is 3. The van der Waals surface area contributed by atoms with E-state index < -0.39 is 17.8 Å². The number of urea groups is 1. The van der Waals surface area contributed by atoms with Gasteiger partial charge in [-0.3, -0.25) is 0 Å². The number of hydrogen-bond acceptors (Lipinski definition) is 4. The molecule has 3 aromatic heterocycles. The quantitative estimate of drug-likeness (QED) is 0.467. The number of pyridine rings is 1. The smallest absolute Gasteiger partial charge is 0.344 e. The van der Waals surface area contributed by atoms with E-state index >= 15 is 0 Å². The molecular formula is C19H13F3N6O. The Morgan fingerprint density at radius 2 is 1.66 bits per heavy atom. The molecule has 0 bridgehead atoms. The molecule has 146 valence electrons. The third-order valence-electron chi connectivity index (χ3n) is 4.10. The molecule has 3 heterocycles. The summed E-state index contributed by atoms with van der Waals surface area (Å²) in [4.78, 5) is 28.0. The summed E-state index contributed by atoms with van der Waals surface area (Å²) < 4.78 is 37.9. The third kappa shape index (κ3) is 3.86. The number of H-pyrrole nitrogens is 1. The van der Waals surface area contributed by atoms with Gasteiger partial charge in [0, 0.05) is 36.0 Å². The second kappa shape index (κ2) is 7.23. The zero-order valence-corrected chi connectivity index (χ0v) is 14.7. The zero-order valence-electron chi connectivity index (χ0n) is 14.7. The van der Waals surface area contributed by atoms with Crippen molar-refractivity contribution in [2.24, 2.45) is 0 Å². The molecule has 0 aliphatic heterocycles. The molecule has 29 heavy (non-hydrogen) atoms. The number of rotatable bonds is 3. The minimum absolute atomic E-state index is 0.222. The van der Waals surface area contributed by atoms with E-state index in [9.17, 15) is 18.0 Å². The highest BCUT2D eigenvalue weighted by atomic mass is 19.4. The molecule has 0 atom stereocenters. The van der Waals surface area contributed by atoms with Crippen LogP contribution in [0.15, 0.2) is 61.2 Å². The summed E-state index contributed by atoms with van der Waals surface area (Å²) >= 11 is 0. The Morgan fingerprint density at radius 1 is 0.931 bits per heavy atom. The van der Waals surface area contributed by atoms with Crippen LogP contribution in [0.3, 0.4) is 0 Å². The highest BCUT2D eigenvalue weighted by Gasteiger charge is 2.30. The second-order valence-electron chi connectivity index (χ2n) is 6.01. The van der Waals surface area contributed by atoms with Gasteiger partial charge in [-0.2, -0.15) is 13.2 Å². The average molecular weight is 398 g/mol. The minimum Gasteiger partial charge on any atom is -0.344 e. The van der Waals surface area contributed by atoms with E-state index in [2.05, 4.69) is 30.6 Å². The van der Waals surface area contributed by atoms with Gasteiger partial charge in [-0.15, -0.1) is 0 Å². The lowest BCUT2D eigenvalue weighted by atomic mass is 10.1. The van der Waals surface area contributed by atoms with Crippen molar-refractivity contribution in [2.75, 3.05) is 10.6 Å². The van der Waals surface area contributed by atoms with E-state index in [0.717, 1.165) is 12.1 Å². The Kier molecular flexibility index (Phi) is 4.59. The Balaban J connectivity index is 1.57. The first-order chi connectivity index (χ1) is 13.9. The number of anilines is 2. The summed E-state index contributed by atoms with van der Waals surface area (Å²) in [6, 6.07) is 6.96. The molecule has 0 aliphatic rings. The van der Waals surface area contributed by atoms with Gasteiger partial charge < -0.3 is 15.6 Å². The van der Waals surface area contributed by atoms with E-state index in [4.69, 9.17) is 0 Å². The van der Waals surface area contributed by atoms with Crippen LogP contribution in [0.4, 0.5) is 29.3 Å². The number of aromatic amines is 1. The maximum absolute atomic E-state index is 12.6. The summed E-state index contributed by atoms with van der Waals surface area (Å²) in [5.41, 5.74) is 1.06. The van der Waals surface area contributed by atoms with Crippen molar-refractivity contribution in [2.45, 2.75) is 6.18 Å². The molecule has 0 spiro atoms. The number of nitrogens with one attached hydrogen (secondary N) is 3. The predicted molar refractivity (Wildman–Crippen MR) is 101 cm³/mol. The number of nitrogens with zero attached hydrogens (tertiary/aromatic N) is 3. The monoisotopic (exact) mass is 398 g/mol. The van der Waals surface area contributed by atoms with E-state index in [1.807, 2.05) is 0 Å². The summed E-state index contributed by atoms with van der Waals surface area (Å²) in [5, 5.41) is 5.78. The number of carbonyl (C=O) groups is 1. The molecule has 3 N–H and O–H groups in total. The maximum atomic E-state index is 12.6. The van der Waals surface area contributed by atoms with Crippen LogP contribution in [0, 0.1) is 0 Å². The molecular weight excluding hydrogens is 385 g/mol. The second-order valence-corrected chi connectivity index (χ2v) is 6.01. The van der Waals surface area contributed by atoms with Gasteiger partial charge in [0.05, 0.1) is 16.6 Å². The molecule has 1 aromatic carbocycles. The van der Waals surface area contributed by atoms with E-state index in [0.29, 0.717) is 28.1 Å². The van der Waals surface area contributed by atoms with Crippen LogP contribution >= 0.6 is 0 Å². The lowest BCUT2D eigenvalue weighted by molar-refractivity contribution is -0.137. The molecule has 2 amide bonds. The standard InChI is InChI=1S/C19H13F3N6O/c20-19(21,22)11-2-4-12(5-3-11)27-18(29)28-14-10-26-17-15(14)13(6-9-25-17)16-23-7-1-8-24-16/h1-10H,(H,25,26)(H2,27,28,29). The summed E-state index contributed by atoms with van der Waals surface area (Å²) in [7, 11) is 0. The first kappa shape index (κ1) is 18.4. The fraction of sp³-hybridized carbons (Fsp3) is 0.0526. The van der Waals surface area contributed by atoms with Gasteiger partial charge in [0.2, 0.25) is 0 Å². The van der Waals surface area contributed by atoms with Crippen LogP contribution in [0.1, 0.15) is 5.56 Å². The van der Waals surface area contributed by atoms with Crippen LogP contribution < -0.4 is 10.6 Å². The molecule has 7 nitrogen and oxygen atoms in total. The molecule has 0 saturated carbocycles. The molecule has 4 rings (SSSR count). The number of carbonyl (C=O) groups excluding carboxylic acids is 1. The van der Waals surface area contributed by atoms with Gasteiger partial charge >= 0.3 is 12.2 Å². The topological polar surface area (TPSA) is 95.6 Å². The van der Waals surface area contributed by atoms with Gasteiger partial charge in [-0.05, 0) is 36.4 Å². The van der Waals surface area contributed by atoms with Crippen molar-refractivity contribution in [3.8, 4) is 11.4 Å². The van der Waals surface area contributed by atoms with Crippen molar-refractivity contribution < 1.29 is 18.0 Å². The van der Waals surface area contributed by atoms with E-state index in [-0.39, 0.29) is 5.69 Å². The zero-order chi connectivity index (χ0) is 20.4. The van der Waals surface area contributed by atoms with Gasteiger partial charge in [0.1, 0.15) is 5.65 Å². The lowest BCUT2D eigenvalue weighted by Crippen LogP contribution is -2.19. The Bertz CT molecular complexity index is 1160. The maximum Gasteiger partial charge on any atom is 0.416 e. The minimum atomic E-state index is -4.44. The molecule has 10 heteroatoms. The van der Waals surface area contributed by atoms with Gasteiger partial charge in [0.25, 0.3) is 0 Å². The van der Waals surface area contributed by atoms with Crippen LogP contribution in [-0.2, 0) is 6.18 Å². The van der Waals surface area contributed by atoms with E-state index in [1.165, 1.54) is 12.1 Å². The largest absolute Gasteiger partial charge is 0.416 e. The van der Waals surface area contributed by atoms with Crippen LogP contribution in [-0.4, -0.2) is 26.0 Å². The summed E-state index contributed by atoms with van der Waals surface area (Å²) in [5.74, 6) is 0.464. The Labute approximate surface area is 162 Å². The first-order valence-corrected chi connectivity index (χ1v) is 8.40. The summed E-state index contributed by atoms with van der Waals surface area (Å²) in [6.07, 6.45) is 1.93. The van der Waals surface area contributed by atoms with Crippen LogP contribution in [0.5, 0.6) is 0 Å². The highest BCUT2D eigenvalue weighted by Crippen LogP contribution is 2.32. The molecule has 4 aromatic rings. The van der Waals surface area contributed by atoms with Gasteiger partial charge in [-0.1, -0.05) is 0 Å². The van der Waals surface area contributed by atoms with Crippen molar-refractivity contribution in [3.63, 3.8) is 0 Å². The number of hydrogen-bond donors (Lipinski definition) is 3. The number of fused-ring (bicyclic) bond motifs is 1. The lowest BCUT2D eigenvalue weighted by Gasteiger charge is -2.10. The average Bonchev–Trinajstić information content (AvgIpc) is 3.11. The fourth-order valence-electron chi connectivity index (χ4n) is 2.81. The first-order valence-electron chi connectivity index (χ1n) is 8.40. The number of amides is 2. The Hall–Kier alpha value is -3.95. The SMILES string of the molecule is O=C(Nc1ccc(C(F)(F)F)cc1)Nc1c[nH]c2nccc(-c3ncccn3)c12. The normalized spacial score (nSPS) is 11.4. The Morgan fingerprint density at radius 3 is 2.34 bits per heavy atom. The van der Waals surface area contributed by atoms with Gasteiger partial charge in [0.15, 0.2) is 5.82 Å². The highest BCUT2D eigenvalue weighted by molar-refractivity contribution is 6.09. The van der Waals surface area contributed by atoms with Crippen molar-refractivity contribution in [3.05, 3.63) is 66.7 Å². The van der Waals surface area contributed by atoms with Crippen LogP contribution in [0.25, 0.3) is 22.4 Å².